The molecule has 1 fully saturated rings. The number of carbonyl (C=O) groups excluding carboxylic acids is 1. The van der Waals surface area contributed by atoms with Gasteiger partial charge in [0, 0.05) is 18.0 Å². The van der Waals surface area contributed by atoms with Crippen LogP contribution in [0.2, 0.25) is 0 Å². The molecule has 3 rings (SSSR count). The lowest BCUT2D eigenvalue weighted by Gasteiger charge is -2.30. The molecule has 0 radical (unpaired) electrons. The Labute approximate surface area is 141 Å². The fourth-order valence-electron chi connectivity index (χ4n) is 3.39. The largest absolute Gasteiger partial charge is 0.469 e. The molecule has 0 N–H and O–H groups in total. The first-order valence-electron chi connectivity index (χ1n) is 8.32. The molecule has 1 aliphatic heterocycles. The number of benzene rings is 1. The average molecular weight is 329 g/mol. The maximum absolute atomic E-state index is 11.9. The maximum Gasteiger partial charge on any atom is 0.336 e. The van der Waals surface area contributed by atoms with E-state index < -0.39 is 0 Å². The summed E-state index contributed by atoms with van der Waals surface area (Å²) in [4.78, 5) is 25.9. The van der Waals surface area contributed by atoms with E-state index in [1.807, 2.05) is 19.9 Å². The smallest absolute Gasteiger partial charge is 0.336 e. The van der Waals surface area contributed by atoms with Gasteiger partial charge in [0.2, 0.25) is 0 Å². The van der Waals surface area contributed by atoms with E-state index in [0.29, 0.717) is 12.1 Å². The SMILES string of the molecule is COC(=O)C1CCN(Cc2cc(=O)oc3c(C)c(C)ccc23)CC1. The number of piperidine rings is 1. The lowest BCUT2D eigenvalue weighted by atomic mass is 9.96. The molecule has 0 spiro atoms. The monoisotopic (exact) mass is 329 g/mol. The van der Waals surface area contributed by atoms with Crippen molar-refractivity contribution < 1.29 is 13.9 Å². The summed E-state index contributed by atoms with van der Waals surface area (Å²) in [5.74, 6) is -0.125. The molecule has 2 aromatic rings. The minimum absolute atomic E-state index is 0.00580. The van der Waals surface area contributed by atoms with Gasteiger partial charge in [-0.1, -0.05) is 12.1 Å². The second kappa shape index (κ2) is 6.77. The van der Waals surface area contributed by atoms with Crippen LogP contribution in [-0.4, -0.2) is 31.1 Å². The Morgan fingerprint density at radius 3 is 2.67 bits per heavy atom. The topological polar surface area (TPSA) is 59.8 Å². The number of ether oxygens (including phenoxy) is 1. The highest BCUT2D eigenvalue weighted by atomic mass is 16.5. The summed E-state index contributed by atoms with van der Waals surface area (Å²) in [7, 11) is 1.44. The van der Waals surface area contributed by atoms with E-state index >= 15 is 0 Å². The maximum atomic E-state index is 11.9. The Hall–Kier alpha value is -2.14. The van der Waals surface area contributed by atoms with Gasteiger partial charge in [-0.25, -0.2) is 4.79 Å². The highest BCUT2D eigenvalue weighted by Crippen LogP contribution is 2.26. The highest BCUT2D eigenvalue weighted by Gasteiger charge is 2.26. The number of carbonyl (C=O) groups is 1. The van der Waals surface area contributed by atoms with Crippen molar-refractivity contribution in [3.8, 4) is 0 Å². The van der Waals surface area contributed by atoms with Gasteiger partial charge in [0.1, 0.15) is 5.58 Å². The molecule has 5 heteroatoms. The Morgan fingerprint density at radius 2 is 2.00 bits per heavy atom. The molecule has 1 saturated heterocycles. The number of rotatable bonds is 3. The van der Waals surface area contributed by atoms with Crippen molar-refractivity contribution in [3.63, 3.8) is 0 Å². The minimum atomic E-state index is -0.310. The first kappa shape index (κ1) is 16.7. The molecule has 1 aromatic carbocycles. The number of hydrogen-bond acceptors (Lipinski definition) is 5. The van der Waals surface area contributed by atoms with E-state index in [0.717, 1.165) is 48.0 Å². The molecular weight excluding hydrogens is 306 g/mol. The van der Waals surface area contributed by atoms with Crippen molar-refractivity contribution >= 4 is 16.9 Å². The summed E-state index contributed by atoms with van der Waals surface area (Å²) in [5, 5.41) is 0.993. The zero-order valence-corrected chi connectivity index (χ0v) is 14.4. The quantitative estimate of drug-likeness (QED) is 0.640. The van der Waals surface area contributed by atoms with Gasteiger partial charge in [0.05, 0.1) is 13.0 Å². The number of hydrogen-bond donors (Lipinski definition) is 0. The number of esters is 1. The van der Waals surface area contributed by atoms with Gasteiger partial charge in [0.15, 0.2) is 0 Å². The standard InChI is InChI=1S/C19H23NO4/c1-12-4-5-16-15(10-17(21)24-18(16)13(12)2)11-20-8-6-14(7-9-20)19(22)23-3/h4-5,10,14H,6-9,11H2,1-3H3. The molecule has 0 aliphatic carbocycles. The van der Waals surface area contributed by atoms with Gasteiger partial charge in [-0.15, -0.1) is 0 Å². The van der Waals surface area contributed by atoms with Crippen molar-refractivity contribution in [1.29, 1.82) is 0 Å². The van der Waals surface area contributed by atoms with Gasteiger partial charge in [0.25, 0.3) is 0 Å². The first-order chi connectivity index (χ1) is 11.5. The van der Waals surface area contributed by atoms with Crippen LogP contribution in [-0.2, 0) is 16.1 Å². The van der Waals surface area contributed by atoms with Crippen LogP contribution in [0.3, 0.4) is 0 Å². The summed E-state index contributed by atoms with van der Waals surface area (Å²) >= 11 is 0. The van der Waals surface area contributed by atoms with Crippen molar-refractivity contribution in [2.45, 2.75) is 33.2 Å². The van der Waals surface area contributed by atoms with Gasteiger partial charge in [-0.2, -0.15) is 0 Å². The number of aryl methyl sites for hydroxylation is 2. The summed E-state index contributed by atoms with van der Waals surface area (Å²) < 4.78 is 10.3. The second-order valence-electron chi connectivity index (χ2n) is 6.55. The predicted molar refractivity (Wildman–Crippen MR) is 92.0 cm³/mol. The molecular formula is C19H23NO4. The Bertz CT molecular complexity index is 816. The third-order valence-corrected chi connectivity index (χ3v) is 5.03. The van der Waals surface area contributed by atoms with Crippen molar-refractivity contribution in [1.82, 2.24) is 4.90 Å². The lowest BCUT2D eigenvalue weighted by molar-refractivity contribution is -0.147. The molecule has 0 amide bonds. The van der Waals surface area contributed by atoms with Crippen molar-refractivity contribution in [2.75, 3.05) is 20.2 Å². The van der Waals surface area contributed by atoms with Crippen molar-refractivity contribution in [3.05, 3.63) is 45.3 Å². The zero-order chi connectivity index (χ0) is 17.3. The highest BCUT2D eigenvalue weighted by molar-refractivity contribution is 5.83. The van der Waals surface area contributed by atoms with E-state index in [1.54, 1.807) is 6.07 Å². The lowest BCUT2D eigenvalue weighted by Crippen LogP contribution is -2.36. The number of fused-ring (bicyclic) bond motifs is 1. The fraction of sp³-hybridized carbons (Fsp3) is 0.474. The van der Waals surface area contributed by atoms with Crippen LogP contribution in [0.1, 0.15) is 29.5 Å². The molecule has 5 nitrogen and oxygen atoms in total. The van der Waals surface area contributed by atoms with Crippen LogP contribution >= 0.6 is 0 Å². The number of nitrogens with zero attached hydrogens (tertiary/aromatic N) is 1. The summed E-state index contributed by atoms with van der Waals surface area (Å²) in [6.07, 6.45) is 1.59. The summed E-state index contributed by atoms with van der Waals surface area (Å²) in [5.41, 5.74) is 3.48. The van der Waals surface area contributed by atoms with Gasteiger partial charge < -0.3 is 9.15 Å². The third kappa shape index (κ3) is 3.22. The normalized spacial score (nSPS) is 16.5. The van der Waals surface area contributed by atoms with Crippen LogP contribution in [0.25, 0.3) is 11.0 Å². The zero-order valence-electron chi connectivity index (χ0n) is 14.4. The van der Waals surface area contributed by atoms with E-state index in [1.165, 1.54) is 7.11 Å². The summed E-state index contributed by atoms with van der Waals surface area (Å²) in [6, 6.07) is 5.67. The van der Waals surface area contributed by atoms with Gasteiger partial charge in [-0.05, 0) is 56.5 Å². The molecule has 2 heterocycles. The van der Waals surface area contributed by atoms with E-state index in [2.05, 4.69) is 11.0 Å². The molecule has 0 bridgehead atoms. The van der Waals surface area contributed by atoms with E-state index in [-0.39, 0.29) is 17.5 Å². The fourth-order valence-corrected chi connectivity index (χ4v) is 3.39. The van der Waals surface area contributed by atoms with E-state index in [4.69, 9.17) is 9.15 Å². The van der Waals surface area contributed by atoms with Crippen LogP contribution in [0.5, 0.6) is 0 Å². The summed E-state index contributed by atoms with van der Waals surface area (Å²) in [6.45, 7) is 6.34. The molecule has 1 aliphatic rings. The van der Waals surface area contributed by atoms with Crippen LogP contribution < -0.4 is 5.63 Å². The number of likely N-dealkylation sites (tertiary alicyclic amines) is 1. The Kier molecular flexibility index (Phi) is 4.71. The predicted octanol–water partition coefficient (Wildman–Crippen LogP) is 2.79. The Balaban J connectivity index is 1.83. The Morgan fingerprint density at radius 1 is 1.29 bits per heavy atom. The van der Waals surface area contributed by atoms with Crippen LogP contribution in [0, 0.1) is 19.8 Å². The third-order valence-electron chi connectivity index (χ3n) is 5.03. The molecule has 0 saturated carbocycles. The second-order valence-corrected chi connectivity index (χ2v) is 6.55. The molecule has 0 atom stereocenters. The van der Waals surface area contributed by atoms with Crippen LogP contribution in [0.4, 0.5) is 0 Å². The molecule has 24 heavy (non-hydrogen) atoms. The average Bonchev–Trinajstić information content (AvgIpc) is 2.58. The molecule has 0 unspecified atom stereocenters. The van der Waals surface area contributed by atoms with Crippen molar-refractivity contribution in [2.24, 2.45) is 5.92 Å². The molecule has 128 valence electrons. The van der Waals surface area contributed by atoms with Gasteiger partial charge >= 0.3 is 11.6 Å². The number of methoxy groups -OCH3 is 1. The first-order valence-corrected chi connectivity index (χ1v) is 8.32. The minimum Gasteiger partial charge on any atom is -0.469 e. The molecule has 1 aromatic heterocycles. The van der Waals surface area contributed by atoms with Gasteiger partial charge in [-0.3, -0.25) is 9.69 Å². The van der Waals surface area contributed by atoms with E-state index in [9.17, 15) is 9.59 Å². The van der Waals surface area contributed by atoms with Crippen LogP contribution in [0.15, 0.2) is 27.4 Å².